The number of hydrogen-bond acceptors (Lipinski definition) is 3. The summed E-state index contributed by atoms with van der Waals surface area (Å²) in [7, 11) is 0. The van der Waals surface area contributed by atoms with E-state index in [-0.39, 0.29) is 6.04 Å². The van der Waals surface area contributed by atoms with Crippen molar-refractivity contribution in [2.24, 2.45) is 5.84 Å². The summed E-state index contributed by atoms with van der Waals surface area (Å²) in [5.41, 5.74) is 8.02. The molecule has 0 fully saturated rings. The average molecular weight is 233 g/mol. The molecule has 3 nitrogen and oxygen atoms in total. The molecule has 0 saturated carbocycles. The summed E-state index contributed by atoms with van der Waals surface area (Å²) in [6.45, 7) is 1.81. The number of nitrogen functional groups attached to an aromatic ring is 1. The Morgan fingerprint density at radius 1 is 1.38 bits per heavy atom. The third-order valence-electron chi connectivity index (χ3n) is 2.40. The molecule has 1 atom stereocenters. The zero-order chi connectivity index (χ0) is 12.3. The van der Waals surface area contributed by atoms with Gasteiger partial charge in [0.25, 0.3) is 0 Å². The highest BCUT2D eigenvalue weighted by atomic mass is 19.4. The van der Waals surface area contributed by atoms with Crippen molar-refractivity contribution in [3.8, 4) is 0 Å². The van der Waals surface area contributed by atoms with Crippen LogP contribution in [0.4, 0.5) is 18.9 Å². The first-order valence-corrected chi connectivity index (χ1v) is 4.83. The first kappa shape index (κ1) is 12.8. The second-order valence-electron chi connectivity index (χ2n) is 3.47. The lowest BCUT2D eigenvalue weighted by Crippen LogP contribution is -2.28. The molecule has 5 N–H and O–H groups in total. The highest BCUT2D eigenvalue weighted by Gasteiger charge is 2.31. The molecular weight excluding hydrogens is 219 g/mol. The van der Waals surface area contributed by atoms with E-state index in [1.165, 1.54) is 6.07 Å². The minimum atomic E-state index is -4.37. The van der Waals surface area contributed by atoms with E-state index in [9.17, 15) is 13.2 Å². The number of benzene rings is 1. The molecule has 90 valence electrons. The van der Waals surface area contributed by atoms with Crippen molar-refractivity contribution in [3.63, 3.8) is 0 Å². The number of nitrogens with one attached hydrogen (secondary N) is 1. The number of hydrogen-bond donors (Lipinski definition) is 3. The van der Waals surface area contributed by atoms with Crippen LogP contribution in [0.5, 0.6) is 0 Å². The number of rotatable bonds is 3. The predicted octanol–water partition coefficient (Wildman–Crippen LogP) is 2.20. The Hall–Kier alpha value is -1.27. The molecular formula is C10H14F3N3. The molecule has 0 heterocycles. The van der Waals surface area contributed by atoms with Crippen LogP contribution < -0.4 is 17.0 Å². The molecule has 0 bridgehead atoms. The maximum atomic E-state index is 12.5. The molecule has 0 aliphatic carbocycles. The molecule has 1 aromatic rings. The summed E-state index contributed by atoms with van der Waals surface area (Å²) >= 11 is 0. The van der Waals surface area contributed by atoms with Crippen molar-refractivity contribution in [1.29, 1.82) is 0 Å². The fourth-order valence-corrected chi connectivity index (χ4v) is 1.48. The first-order chi connectivity index (χ1) is 7.40. The van der Waals surface area contributed by atoms with Gasteiger partial charge in [-0.05, 0) is 30.2 Å². The van der Waals surface area contributed by atoms with Crippen LogP contribution >= 0.6 is 0 Å². The van der Waals surface area contributed by atoms with E-state index in [1.54, 1.807) is 0 Å². The zero-order valence-electron chi connectivity index (χ0n) is 8.81. The van der Waals surface area contributed by atoms with Gasteiger partial charge in [0.2, 0.25) is 0 Å². The lowest BCUT2D eigenvalue weighted by molar-refractivity contribution is -0.137. The molecule has 1 aromatic carbocycles. The number of alkyl halides is 3. The van der Waals surface area contributed by atoms with Crippen LogP contribution in [-0.2, 0) is 6.18 Å². The maximum absolute atomic E-state index is 12.5. The smallest absolute Gasteiger partial charge is 0.398 e. The van der Waals surface area contributed by atoms with E-state index in [0.29, 0.717) is 17.7 Å². The second kappa shape index (κ2) is 4.71. The van der Waals surface area contributed by atoms with Gasteiger partial charge in [-0.1, -0.05) is 6.92 Å². The van der Waals surface area contributed by atoms with Crippen LogP contribution in [-0.4, -0.2) is 0 Å². The normalized spacial score (nSPS) is 13.8. The SMILES string of the molecule is CCC(NN)c1cc(C(F)(F)F)ccc1N. The summed E-state index contributed by atoms with van der Waals surface area (Å²) < 4.78 is 37.4. The Balaban J connectivity index is 3.18. The number of nitrogens with two attached hydrogens (primary N) is 2. The minimum absolute atomic E-state index is 0.304. The average Bonchev–Trinajstić information content (AvgIpc) is 2.20. The number of hydrazine groups is 1. The van der Waals surface area contributed by atoms with Crippen LogP contribution in [0.1, 0.15) is 30.5 Å². The van der Waals surface area contributed by atoms with Crippen LogP contribution in [0.15, 0.2) is 18.2 Å². The molecule has 0 aromatic heterocycles. The fourth-order valence-electron chi connectivity index (χ4n) is 1.48. The standard InChI is InChI=1S/C10H14F3N3/c1-2-9(16-15)7-5-6(10(11,12)13)3-4-8(7)14/h3-5,9,16H,2,14-15H2,1H3. The van der Waals surface area contributed by atoms with Gasteiger partial charge >= 0.3 is 6.18 Å². The highest BCUT2D eigenvalue weighted by Crippen LogP contribution is 2.33. The first-order valence-electron chi connectivity index (χ1n) is 4.83. The predicted molar refractivity (Wildman–Crippen MR) is 56.2 cm³/mol. The van der Waals surface area contributed by atoms with Crippen LogP contribution in [0, 0.1) is 0 Å². The third-order valence-corrected chi connectivity index (χ3v) is 2.40. The molecule has 0 spiro atoms. The topological polar surface area (TPSA) is 64.1 Å². The number of halogens is 3. The van der Waals surface area contributed by atoms with Crippen LogP contribution in [0.25, 0.3) is 0 Å². The van der Waals surface area contributed by atoms with Gasteiger partial charge in [0.15, 0.2) is 0 Å². The van der Waals surface area contributed by atoms with Crippen molar-refractivity contribution in [3.05, 3.63) is 29.3 Å². The van der Waals surface area contributed by atoms with E-state index >= 15 is 0 Å². The summed E-state index contributed by atoms with van der Waals surface area (Å²) in [5.74, 6) is 5.26. The molecule has 0 amide bonds. The fraction of sp³-hybridized carbons (Fsp3) is 0.400. The molecule has 16 heavy (non-hydrogen) atoms. The number of anilines is 1. The Kier molecular flexibility index (Phi) is 3.77. The van der Waals surface area contributed by atoms with Crippen molar-refractivity contribution in [1.82, 2.24) is 5.43 Å². The van der Waals surface area contributed by atoms with Gasteiger partial charge in [-0.25, -0.2) is 0 Å². The maximum Gasteiger partial charge on any atom is 0.416 e. The van der Waals surface area contributed by atoms with Gasteiger partial charge in [0.05, 0.1) is 5.56 Å². The minimum Gasteiger partial charge on any atom is -0.398 e. The third kappa shape index (κ3) is 2.65. The van der Waals surface area contributed by atoms with Gasteiger partial charge < -0.3 is 5.73 Å². The van der Waals surface area contributed by atoms with Crippen molar-refractivity contribution in [2.75, 3.05) is 5.73 Å². The van der Waals surface area contributed by atoms with Gasteiger partial charge in [-0.15, -0.1) is 0 Å². The largest absolute Gasteiger partial charge is 0.416 e. The summed E-state index contributed by atoms with van der Waals surface area (Å²) in [4.78, 5) is 0. The van der Waals surface area contributed by atoms with Crippen LogP contribution in [0.2, 0.25) is 0 Å². The summed E-state index contributed by atoms with van der Waals surface area (Å²) in [5, 5.41) is 0. The molecule has 0 aliphatic rings. The van der Waals surface area contributed by atoms with Gasteiger partial charge in [0.1, 0.15) is 0 Å². The Labute approximate surface area is 91.6 Å². The molecule has 1 unspecified atom stereocenters. The highest BCUT2D eigenvalue weighted by molar-refractivity contribution is 5.50. The lowest BCUT2D eigenvalue weighted by Gasteiger charge is -2.18. The zero-order valence-corrected chi connectivity index (χ0v) is 8.81. The summed E-state index contributed by atoms with van der Waals surface area (Å²) in [6, 6.07) is 2.87. The van der Waals surface area contributed by atoms with Gasteiger partial charge in [-0.3, -0.25) is 11.3 Å². The second-order valence-corrected chi connectivity index (χ2v) is 3.47. The Morgan fingerprint density at radius 3 is 2.44 bits per heavy atom. The molecule has 0 radical (unpaired) electrons. The lowest BCUT2D eigenvalue weighted by atomic mass is 10.00. The van der Waals surface area contributed by atoms with E-state index in [0.717, 1.165) is 12.1 Å². The van der Waals surface area contributed by atoms with Crippen molar-refractivity contribution >= 4 is 5.69 Å². The van der Waals surface area contributed by atoms with E-state index < -0.39 is 11.7 Å². The van der Waals surface area contributed by atoms with E-state index in [1.807, 2.05) is 6.92 Å². The molecule has 1 rings (SSSR count). The van der Waals surface area contributed by atoms with Crippen molar-refractivity contribution < 1.29 is 13.2 Å². The summed E-state index contributed by atoms with van der Waals surface area (Å²) in [6.07, 6.45) is -3.81. The Morgan fingerprint density at radius 2 is 2.00 bits per heavy atom. The van der Waals surface area contributed by atoms with Crippen LogP contribution in [0.3, 0.4) is 0 Å². The molecule has 6 heteroatoms. The molecule has 0 aliphatic heterocycles. The Bertz CT molecular complexity index is 359. The quantitative estimate of drug-likeness (QED) is 0.426. The monoisotopic (exact) mass is 233 g/mol. The van der Waals surface area contributed by atoms with Gasteiger partial charge in [-0.2, -0.15) is 13.2 Å². The van der Waals surface area contributed by atoms with E-state index in [2.05, 4.69) is 5.43 Å². The van der Waals surface area contributed by atoms with E-state index in [4.69, 9.17) is 11.6 Å². The van der Waals surface area contributed by atoms with Gasteiger partial charge in [0, 0.05) is 11.7 Å². The molecule has 0 saturated heterocycles. The van der Waals surface area contributed by atoms with Crippen molar-refractivity contribution in [2.45, 2.75) is 25.6 Å².